The molecule has 0 spiro atoms. The van der Waals surface area contributed by atoms with Crippen LogP contribution in [0.2, 0.25) is 10.0 Å². The maximum atomic E-state index is 12.6. The second-order valence-electron chi connectivity index (χ2n) is 6.55. The quantitative estimate of drug-likeness (QED) is 0.325. The Morgan fingerprint density at radius 2 is 1.65 bits per heavy atom. The average Bonchev–Trinajstić information content (AvgIpc) is 3.14. The molecule has 3 N–H and O–H groups in total. The maximum absolute atomic E-state index is 12.6. The van der Waals surface area contributed by atoms with Crippen molar-refractivity contribution in [3.05, 3.63) is 87.9 Å². The van der Waals surface area contributed by atoms with E-state index in [2.05, 4.69) is 20.9 Å². The molecule has 0 saturated carbocycles. The third-order valence-electron chi connectivity index (χ3n) is 4.35. The lowest BCUT2D eigenvalue weighted by Gasteiger charge is -2.08. The summed E-state index contributed by atoms with van der Waals surface area (Å²) in [6.07, 6.45) is 0. The molecule has 4 aromatic rings. The van der Waals surface area contributed by atoms with Gasteiger partial charge in [0, 0.05) is 12.2 Å². The van der Waals surface area contributed by atoms with Crippen molar-refractivity contribution in [2.75, 3.05) is 10.6 Å². The summed E-state index contributed by atoms with van der Waals surface area (Å²) in [4.78, 5) is 29.1. The predicted octanol–water partition coefficient (Wildman–Crippen LogP) is 6.18. The molecule has 0 unspecified atom stereocenters. The molecule has 156 valence electrons. The summed E-state index contributed by atoms with van der Waals surface area (Å²) in [6, 6.07) is 19.4. The smallest absolute Gasteiger partial charge is 0.321 e. The number of aromatic nitrogens is 1. The molecule has 6 nitrogen and oxygen atoms in total. The van der Waals surface area contributed by atoms with Gasteiger partial charge in [0.15, 0.2) is 5.13 Å². The van der Waals surface area contributed by atoms with Gasteiger partial charge in [-0.1, -0.05) is 70.9 Å². The fraction of sp³-hybridized carbons (Fsp3) is 0.0455. The molecule has 0 aliphatic rings. The first kappa shape index (κ1) is 21.1. The molecule has 0 fully saturated rings. The Hall–Kier alpha value is -3.13. The first-order chi connectivity index (χ1) is 15.0. The van der Waals surface area contributed by atoms with Crippen LogP contribution in [-0.4, -0.2) is 16.9 Å². The zero-order chi connectivity index (χ0) is 21.8. The lowest BCUT2D eigenvalue weighted by molar-refractivity contribution is 0.102. The molecule has 0 aliphatic heterocycles. The van der Waals surface area contributed by atoms with Gasteiger partial charge in [-0.25, -0.2) is 9.78 Å². The number of halogens is 2. The van der Waals surface area contributed by atoms with Gasteiger partial charge >= 0.3 is 6.03 Å². The summed E-state index contributed by atoms with van der Waals surface area (Å²) in [5.74, 6) is -0.405. The van der Waals surface area contributed by atoms with E-state index >= 15 is 0 Å². The lowest BCUT2D eigenvalue weighted by Crippen LogP contribution is -2.28. The second kappa shape index (κ2) is 9.34. The van der Waals surface area contributed by atoms with Gasteiger partial charge in [0.1, 0.15) is 0 Å². The van der Waals surface area contributed by atoms with Gasteiger partial charge in [-0.15, -0.1) is 0 Å². The zero-order valence-corrected chi connectivity index (χ0v) is 18.3. The van der Waals surface area contributed by atoms with E-state index in [-0.39, 0.29) is 21.6 Å². The number of rotatable bonds is 5. The molecular weight excluding hydrogens is 455 g/mol. The van der Waals surface area contributed by atoms with Gasteiger partial charge in [0.2, 0.25) is 0 Å². The summed E-state index contributed by atoms with van der Waals surface area (Å²) in [7, 11) is 0. The first-order valence-electron chi connectivity index (χ1n) is 9.24. The highest BCUT2D eigenvalue weighted by atomic mass is 35.5. The number of carbonyl (C=O) groups excluding carboxylic acids is 2. The minimum atomic E-state index is -0.405. The number of fused-ring (bicyclic) bond motifs is 1. The average molecular weight is 471 g/mol. The molecule has 3 amide bonds. The Labute approximate surface area is 192 Å². The van der Waals surface area contributed by atoms with Crippen molar-refractivity contribution in [2.24, 2.45) is 0 Å². The van der Waals surface area contributed by atoms with E-state index < -0.39 is 5.91 Å². The van der Waals surface area contributed by atoms with Crippen LogP contribution in [0.5, 0.6) is 0 Å². The molecule has 0 aliphatic carbocycles. The number of nitrogens with one attached hydrogen (secondary N) is 3. The molecule has 4 rings (SSSR count). The van der Waals surface area contributed by atoms with Crippen LogP contribution in [0.3, 0.4) is 0 Å². The van der Waals surface area contributed by atoms with Crippen LogP contribution in [0, 0.1) is 0 Å². The minimum absolute atomic E-state index is 0.215. The van der Waals surface area contributed by atoms with Gasteiger partial charge in [0.05, 0.1) is 25.8 Å². The fourth-order valence-corrected chi connectivity index (χ4v) is 4.35. The van der Waals surface area contributed by atoms with E-state index in [4.69, 9.17) is 23.2 Å². The van der Waals surface area contributed by atoms with E-state index in [1.807, 2.05) is 30.3 Å². The highest BCUT2D eigenvalue weighted by Gasteiger charge is 2.15. The summed E-state index contributed by atoms with van der Waals surface area (Å²) in [6.45, 7) is 0.415. The summed E-state index contributed by atoms with van der Waals surface area (Å²) in [5, 5.41) is 9.33. The lowest BCUT2D eigenvalue weighted by atomic mass is 10.2. The number of anilines is 2. The van der Waals surface area contributed by atoms with E-state index in [0.717, 1.165) is 10.3 Å². The highest BCUT2D eigenvalue weighted by molar-refractivity contribution is 7.22. The molecule has 31 heavy (non-hydrogen) atoms. The van der Waals surface area contributed by atoms with Crippen molar-refractivity contribution in [2.45, 2.75) is 6.54 Å². The SMILES string of the molecule is O=C(NCc1ccccc1)Nc1nc2ccc(NC(=O)c3c(Cl)cccc3Cl)cc2s1. The third-order valence-corrected chi connectivity index (χ3v) is 5.92. The summed E-state index contributed by atoms with van der Waals surface area (Å²) in [5.41, 5.74) is 2.49. The number of hydrogen-bond acceptors (Lipinski definition) is 4. The van der Waals surface area contributed by atoms with E-state index in [0.29, 0.717) is 22.9 Å². The van der Waals surface area contributed by atoms with Gasteiger partial charge in [-0.2, -0.15) is 0 Å². The molecule has 0 radical (unpaired) electrons. The molecule has 1 aromatic heterocycles. The van der Waals surface area contributed by atoms with Gasteiger partial charge in [-0.3, -0.25) is 10.1 Å². The number of hydrogen-bond donors (Lipinski definition) is 3. The Bertz CT molecular complexity index is 1240. The number of benzene rings is 3. The molecule has 3 aromatic carbocycles. The second-order valence-corrected chi connectivity index (χ2v) is 8.39. The van der Waals surface area contributed by atoms with Crippen molar-refractivity contribution in [3.8, 4) is 0 Å². The van der Waals surface area contributed by atoms with E-state index in [1.165, 1.54) is 11.3 Å². The molecule has 9 heteroatoms. The standard InChI is InChI=1S/C22H16Cl2N4O2S/c23-15-7-4-8-16(24)19(15)20(29)26-14-9-10-17-18(11-14)31-22(27-17)28-21(30)25-12-13-5-2-1-3-6-13/h1-11H,12H2,(H,26,29)(H2,25,27,28,30). The van der Waals surface area contributed by atoms with Crippen LogP contribution in [0.15, 0.2) is 66.7 Å². The van der Waals surface area contributed by atoms with Crippen LogP contribution in [0.4, 0.5) is 15.6 Å². The van der Waals surface area contributed by atoms with Crippen LogP contribution in [-0.2, 0) is 6.54 Å². The molecular formula is C22H16Cl2N4O2S. The molecule has 0 atom stereocenters. The van der Waals surface area contributed by atoms with Crippen molar-refractivity contribution >= 4 is 67.5 Å². The number of amides is 3. The number of urea groups is 1. The van der Waals surface area contributed by atoms with Crippen LogP contribution >= 0.6 is 34.5 Å². The molecule has 0 saturated heterocycles. The maximum Gasteiger partial charge on any atom is 0.321 e. The Balaban J connectivity index is 1.43. The van der Waals surface area contributed by atoms with E-state index in [9.17, 15) is 9.59 Å². The number of carbonyl (C=O) groups is 2. The summed E-state index contributed by atoms with van der Waals surface area (Å²) < 4.78 is 0.807. The van der Waals surface area contributed by atoms with Gasteiger partial charge in [0.25, 0.3) is 5.91 Å². The van der Waals surface area contributed by atoms with Crippen molar-refractivity contribution in [1.82, 2.24) is 10.3 Å². The van der Waals surface area contributed by atoms with Crippen LogP contribution in [0.25, 0.3) is 10.2 Å². The predicted molar refractivity (Wildman–Crippen MR) is 126 cm³/mol. The van der Waals surface area contributed by atoms with Crippen molar-refractivity contribution in [3.63, 3.8) is 0 Å². The Morgan fingerprint density at radius 3 is 2.39 bits per heavy atom. The monoisotopic (exact) mass is 470 g/mol. The van der Waals surface area contributed by atoms with Crippen LogP contribution < -0.4 is 16.0 Å². The molecule has 0 bridgehead atoms. The van der Waals surface area contributed by atoms with Crippen LogP contribution in [0.1, 0.15) is 15.9 Å². The largest absolute Gasteiger partial charge is 0.334 e. The topological polar surface area (TPSA) is 83.1 Å². The van der Waals surface area contributed by atoms with E-state index in [1.54, 1.807) is 36.4 Å². The van der Waals surface area contributed by atoms with Crippen molar-refractivity contribution in [1.29, 1.82) is 0 Å². The highest BCUT2D eigenvalue weighted by Crippen LogP contribution is 2.30. The summed E-state index contributed by atoms with van der Waals surface area (Å²) >= 11 is 13.5. The number of thiazole rings is 1. The first-order valence-corrected chi connectivity index (χ1v) is 10.8. The Morgan fingerprint density at radius 1 is 0.903 bits per heavy atom. The normalized spacial score (nSPS) is 10.6. The zero-order valence-electron chi connectivity index (χ0n) is 16.0. The van der Waals surface area contributed by atoms with Gasteiger partial charge < -0.3 is 10.6 Å². The minimum Gasteiger partial charge on any atom is -0.334 e. The third kappa shape index (κ3) is 5.14. The van der Waals surface area contributed by atoms with Crippen molar-refractivity contribution < 1.29 is 9.59 Å². The Kier molecular flexibility index (Phi) is 6.36. The van der Waals surface area contributed by atoms with Gasteiger partial charge in [-0.05, 0) is 35.9 Å². The fourth-order valence-electron chi connectivity index (χ4n) is 2.88. The number of nitrogens with zero attached hydrogens (tertiary/aromatic N) is 1. The molecule has 1 heterocycles.